The zero-order chi connectivity index (χ0) is 16.7. The highest BCUT2D eigenvalue weighted by Crippen LogP contribution is 2.48. The molecule has 0 aliphatic heterocycles. The van der Waals surface area contributed by atoms with Crippen LogP contribution in [0.3, 0.4) is 0 Å². The van der Waals surface area contributed by atoms with Gasteiger partial charge in [-0.25, -0.2) is 4.79 Å². The smallest absolute Gasteiger partial charge is 0.341 e. The van der Waals surface area contributed by atoms with E-state index in [4.69, 9.17) is 4.74 Å². The Morgan fingerprint density at radius 2 is 2.00 bits per heavy atom. The van der Waals surface area contributed by atoms with Gasteiger partial charge in [0.1, 0.15) is 5.00 Å². The lowest BCUT2D eigenvalue weighted by Gasteiger charge is -2.07. The third kappa shape index (κ3) is 2.63. The second kappa shape index (κ2) is 6.06. The molecule has 1 fully saturated rings. The Morgan fingerprint density at radius 3 is 2.75 bits per heavy atom. The molecule has 2 atom stereocenters. The lowest BCUT2D eigenvalue weighted by atomic mass is 10.1. The van der Waals surface area contributed by atoms with Gasteiger partial charge >= 0.3 is 5.97 Å². The predicted molar refractivity (Wildman–Crippen MR) is 93.6 cm³/mol. The average molecular weight is 341 g/mol. The van der Waals surface area contributed by atoms with Crippen molar-refractivity contribution in [2.75, 3.05) is 12.4 Å². The maximum Gasteiger partial charge on any atom is 0.341 e. The number of thiophene rings is 1. The number of benzene rings is 1. The van der Waals surface area contributed by atoms with Crippen LogP contribution in [0.15, 0.2) is 30.3 Å². The molecule has 1 heterocycles. The quantitative estimate of drug-likeness (QED) is 0.862. The van der Waals surface area contributed by atoms with E-state index in [9.17, 15) is 9.59 Å². The molecule has 124 valence electrons. The van der Waals surface area contributed by atoms with E-state index in [0.717, 1.165) is 31.2 Å². The van der Waals surface area contributed by atoms with Crippen LogP contribution in [0.5, 0.6) is 0 Å². The fourth-order valence-electron chi connectivity index (χ4n) is 3.57. The summed E-state index contributed by atoms with van der Waals surface area (Å²) < 4.78 is 4.93. The summed E-state index contributed by atoms with van der Waals surface area (Å²) in [5.74, 6) is -0.0524. The standard InChI is InChI=1S/C19H19NO3S/c1-23-19(22)16-12-8-5-9-15(12)24-18(16)20-17(21)14-10-13(14)11-6-3-2-4-7-11/h2-4,6-7,13-14H,5,8-10H2,1H3,(H,20,21). The van der Waals surface area contributed by atoms with Crippen LogP contribution >= 0.6 is 11.3 Å². The van der Waals surface area contributed by atoms with Crippen molar-refractivity contribution in [2.24, 2.45) is 5.92 Å². The molecule has 1 aromatic carbocycles. The number of carbonyl (C=O) groups excluding carboxylic acids is 2. The fraction of sp³-hybridized carbons (Fsp3) is 0.368. The van der Waals surface area contributed by atoms with Gasteiger partial charge in [-0.2, -0.15) is 0 Å². The molecule has 5 heteroatoms. The van der Waals surface area contributed by atoms with Crippen LogP contribution in [0.25, 0.3) is 0 Å². The van der Waals surface area contributed by atoms with Gasteiger partial charge in [0.15, 0.2) is 0 Å². The van der Waals surface area contributed by atoms with Crippen LogP contribution in [-0.2, 0) is 22.4 Å². The highest BCUT2D eigenvalue weighted by Gasteiger charge is 2.44. The first kappa shape index (κ1) is 15.4. The van der Waals surface area contributed by atoms with E-state index in [1.165, 1.54) is 28.9 Å². The van der Waals surface area contributed by atoms with Gasteiger partial charge in [-0.05, 0) is 42.7 Å². The largest absolute Gasteiger partial charge is 0.465 e. The summed E-state index contributed by atoms with van der Waals surface area (Å²) in [5.41, 5.74) is 2.84. The number of ether oxygens (including phenoxy) is 1. The van der Waals surface area contributed by atoms with Crippen LogP contribution in [0.1, 0.15) is 45.1 Å². The van der Waals surface area contributed by atoms with Gasteiger partial charge < -0.3 is 10.1 Å². The van der Waals surface area contributed by atoms with Crippen molar-refractivity contribution in [3.63, 3.8) is 0 Å². The number of nitrogens with one attached hydrogen (secondary N) is 1. The first-order valence-corrected chi connectivity index (χ1v) is 9.09. The highest BCUT2D eigenvalue weighted by atomic mass is 32.1. The summed E-state index contributed by atoms with van der Waals surface area (Å²) >= 11 is 1.53. The van der Waals surface area contributed by atoms with E-state index in [0.29, 0.717) is 16.5 Å². The number of aryl methyl sites for hydroxylation is 1. The van der Waals surface area contributed by atoms with Crippen molar-refractivity contribution in [1.29, 1.82) is 0 Å². The number of hydrogen-bond donors (Lipinski definition) is 1. The molecule has 0 spiro atoms. The Kier molecular flexibility index (Phi) is 3.88. The van der Waals surface area contributed by atoms with Gasteiger partial charge in [0.2, 0.25) is 5.91 Å². The molecule has 4 nitrogen and oxygen atoms in total. The Labute approximate surface area is 144 Å². The number of anilines is 1. The molecule has 2 aliphatic rings. The zero-order valence-corrected chi connectivity index (χ0v) is 14.3. The van der Waals surface area contributed by atoms with Gasteiger partial charge in [0.25, 0.3) is 0 Å². The summed E-state index contributed by atoms with van der Waals surface area (Å²) in [6.07, 6.45) is 3.81. The molecule has 0 saturated heterocycles. The van der Waals surface area contributed by atoms with Crippen molar-refractivity contribution in [1.82, 2.24) is 0 Å². The van der Waals surface area contributed by atoms with E-state index in [1.54, 1.807) is 0 Å². The fourth-order valence-corrected chi connectivity index (χ4v) is 4.85. The van der Waals surface area contributed by atoms with Crippen LogP contribution in [0.2, 0.25) is 0 Å². The third-order valence-electron chi connectivity index (χ3n) is 4.90. The van der Waals surface area contributed by atoms with Crippen LogP contribution in [-0.4, -0.2) is 19.0 Å². The minimum absolute atomic E-state index is 0.00478. The normalized spacial score (nSPS) is 21.2. The molecule has 2 aromatic rings. The number of esters is 1. The Bertz CT molecular complexity index is 796. The Balaban J connectivity index is 1.52. The molecule has 1 aromatic heterocycles. The van der Waals surface area contributed by atoms with Crippen molar-refractivity contribution in [3.8, 4) is 0 Å². The van der Waals surface area contributed by atoms with Crippen molar-refractivity contribution >= 4 is 28.2 Å². The van der Waals surface area contributed by atoms with E-state index in [2.05, 4.69) is 17.4 Å². The van der Waals surface area contributed by atoms with Crippen molar-refractivity contribution in [2.45, 2.75) is 31.6 Å². The molecule has 24 heavy (non-hydrogen) atoms. The zero-order valence-electron chi connectivity index (χ0n) is 13.5. The average Bonchev–Trinajstić information content (AvgIpc) is 3.17. The Hall–Kier alpha value is -2.14. The lowest BCUT2D eigenvalue weighted by Crippen LogP contribution is -2.16. The second-order valence-corrected chi connectivity index (χ2v) is 7.51. The van der Waals surface area contributed by atoms with Crippen molar-refractivity contribution < 1.29 is 14.3 Å². The SMILES string of the molecule is COC(=O)c1c(NC(=O)C2CC2c2ccccc2)sc2c1CCC2. The van der Waals surface area contributed by atoms with Crippen LogP contribution in [0, 0.1) is 5.92 Å². The number of rotatable bonds is 4. The van der Waals surface area contributed by atoms with Crippen molar-refractivity contribution in [3.05, 3.63) is 51.9 Å². The topological polar surface area (TPSA) is 55.4 Å². The summed E-state index contributed by atoms with van der Waals surface area (Å²) in [7, 11) is 1.39. The molecular formula is C19H19NO3S. The molecule has 1 amide bonds. The highest BCUT2D eigenvalue weighted by molar-refractivity contribution is 7.17. The molecule has 1 saturated carbocycles. The molecule has 2 aliphatic carbocycles. The minimum Gasteiger partial charge on any atom is -0.465 e. The molecule has 0 radical (unpaired) electrons. The number of hydrogen-bond acceptors (Lipinski definition) is 4. The predicted octanol–water partition coefficient (Wildman–Crippen LogP) is 3.77. The summed E-state index contributed by atoms with van der Waals surface area (Å²) in [6.45, 7) is 0. The second-order valence-electron chi connectivity index (χ2n) is 6.40. The lowest BCUT2D eigenvalue weighted by molar-refractivity contribution is -0.117. The van der Waals surface area contributed by atoms with Gasteiger partial charge in [-0.3, -0.25) is 4.79 Å². The summed E-state index contributed by atoms with van der Waals surface area (Å²) in [6, 6.07) is 10.1. The summed E-state index contributed by atoms with van der Waals surface area (Å²) in [5, 5.41) is 3.66. The number of methoxy groups -OCH3 is 1. The first-order chi connectivity index (χ1) is 11.7. The van der Waals surface area contributed by atoms with E-state index in [-0.39, 0.29) is 17.8 Å². The molecule has 1 N–H and O–H groups in total. The molecule has 4 rings (SSSR count). The maximum atomic E-state index is 12.6. The van der Waals surface area contributed by atoms with Gasteiger partial charge in [-0.1, -0.05) is 30.3 Å². The van der Waals surface area contributed by atoms with Gasteiger partial charge in [0, 0.05) is 10.8 Å². The van der Waals surface area contributed by atoms with Gasteiger partial charge in [0.05, 0.1) is 12.7 Å². The van der Waals surface area contributed by atoms with Gasteiger partial charge in [-0.15, -0.1) is 11.3 Å². The molecule has 0 bridgehead atoms. The summed E-state index contributed by atoms with van der Waals surface area (Å²) in [4.78, 5) is 25.9. The number of fused-ring (bicyclic) bond motifs is 1. The van der Waals surface area contributed by atoms with E-state index in [1.807, 2.05) is 18.2 Å². The number of carbonyl (C=O) groups is 2. The monoisotopic (exact) mass is 341 g/mol. The van der Waals surface area contributed by atoms with E-state index >= 15 is 0 Å². The Morgan fingerprint density at radius 1 is 1.21 bits per heavy atom. The molecule has 2 unspecified atom stereocenters. The maximum absolute atomic E-state index is 12.6. The third-order valence-corrected chi connectivity index (χ3v) is 6.11. The molecular weight excluding hydrogens is 322 g/mol. The first-order valence-electron chi connectivity index (χ1n) is 8.27. The minimum atomic E-state index is -0.347. The van der Waals surface area contributed by atoms with Crippen LogP contribution < -0.4 is 5.32 Å². The number of amides is 1. The van der Waals surface area contributed by atoms with Crippen LogP contribution in [0.4, 0.5) is 5.00 Å². The van der Waals surface area contributed by atoms with E-state index < -0.39 is 0 Å².